The molecular weight excluding hydrogens is 268 g/mol. The zero-order chi connectivity index (χ0) is 15.1. The van der Waals surface area contributed by atoms with Gasteiger partial charge in [0.2, 0.25) is 0 Å². The number of aliphatic hydroxyl groups excluding tert-OH is 1. The molecule has 6 nitrogen and oxygen atoms in total. The quantitative estimate of drug-likeness (QED) is 0.726. The molecule has 0 saturated carbocycles. The van der Waals surface area contributed by atoms with Crippen molar-refractivity contribution in [2.45, 2.75) is 38.8 Å². The predicted octanol–water partition coefficient (Wildman–Crippen LogP) is 1.96. The molecule has 1 unspecified atom stereocenters. The zero-order valence-corrected chi connectivity index (χ0v) is 12.0. The average Bonchev–Trinajstić information content (AvgIpc) is 3.04. The van der Waals surface area contributed by atoms with E-state index in [0.717, 1.165) is 24.8 Å². The molecule has 0 saturated heterocycles. The molecule has 1 heterocycles. The van der Waals surface area contributed by atoms with Gasteiger partial charge in [-0.3, -0.25) is 4.79 Å². The lowest BCUT2D eigenvalue weighted by Crippen LogP contribution is -2.23. The Morgan fingerprint density at radius 1 is 1.38 bits per heavy atom. The first-order valence-electron chi connectivity index (χ1n) is 7.11. The molecule has 1 atom stereocenters. The highest BCUT2D eigenvalue weighted by Crippen LogP contribution is 2.19. The fraction of sp³-hybridized carbons (Fsp3) is 0.400. The molecule has 0 bridgehead atoms. The average molecular weight is 288 g/mol. The summed E-state index contributed by atoms with van der Waals surface area (Å²) in [7, 11) is 0. The summed E-state index contributed by atoms with van der Waals surface area (Å²) in [6.45, 7) is 2.42. The Labute approximate surface area is 123 Å². The third kappa shape index (κ3) is 4.39. The van der Waals surface area contributed by atoms with Crippen LogP contribution in [-0.2, 0) is 6.54 Å². The number of H-pyrrole nitrogens is 1. The first-order valence-corrected chi connectivity index (χ1v) is 7.11. The molecule has 0 fully saturated rings. The highest BCUT2D eigenvalue weighted by atomic mass is 16.3. The molecule has 1 aromatic heterocycles. The summed E-state index contributed by atoms with van der Waals surface area (Å²) < 4.78 is 0. The molecule has 0 aliphatic heterocycles. The van der Waals surface area contributed by atoms with Crippen molar-refractivity contribution in [3.63, 3.8) is 0 Å². The third-order valence-corrected chi connectivity index (χ3v) is 3.28. The predicted molar refractivity (Wildman–Crippen MR) is 78.5 cm³/mol. The van der Waals surface area contributed by atoms with Crippen LogP contribution in [-0.4, -0.2) is 26.4 Å². The number of amides is 1. The fourth-order valence-corrected chi connectivity index (χ4v) is 2.00. The summed E-state index contributed by atoms with van der Waals surface area (Å²) in [5.41, 5.74) is 2.08. The van der Waals surface area contributed by atoms with Gasteiger partial charge in [-0.2, -0.15) is 15.4 Å². The van der Waals surface area contributed by atoms with E-state index in [0.29, 0.717) is 17.8 Å². The summed E-state index contributed by atoms with van der Waals surface area (Å²) in [5, 5.41) is 22.8. The van der Waals surface area contributed by atoms with Crippen LogP contribution in [0.4, 0.5) is 0 Å². The van der Waals surface area contributed by atoms with Crippen LogP contribution >= 0.6 is 0 Å². The van der Waals surface area contributed by atoms with E-state index in [1.165, 1.54) is 0 Å². The van der Waals surface area contributed by atoms with Crippen LogP contribution < -0.4 is 5.32 Å². The van der Waals surface area contributed by atoms with E-state index in [1.807, 2.05) is 0 Å². The highest BCUT2D eigenvalue weighted by Gasteiger charge is 2.09. The Hall–Kier alpha value is -2.21. The number of hydrogen-bond donors (Lipinski definition) is 3. The topological polar surface area (TPSA) is 90.9 Å². The van der Waals surface area contributed by atoms with Crippen LogP contribution in [0.25, 0.3) is 0 Å². The number of rotatable bonds is 7. The van der Waals surface area contributed by atoms with E-state index >= 15 is 0 Å². The van der Waals surface area contributed by atoms with E-state index in [9.17, 15) is 9.90 Å². The zero-order valence-electron chi connectivity index (χ0n) is 12.0. The van der Waals surface area contributed by atoms with E-state index < -0.39 is 6.10 Å². The second-order valence-corrected chi connectivity index (χ2v) is 4.92. The molecule has 0 aliphatic carbocycles. The van der Waals surface area contributed by atoms with E-state index in [2.05, 4.69) is 27.7 Å². The van der Waals surface area contributed by atoms with Crippen LogP contribution in [0.2, 0.25) is 0 Å². The third-order valence-electron chi connectivity index (χ3n) is 3.28. The number of aromatic amines is 1. The van der Waals surface area contributed by atoms with E-state index in [-0.39, 0.29) is 5.91 Å². The minimum Gasteiger partial charge on any atom is -0.388 e. The number of carbonyl (C=O) groups excluding carboxylic acids is 1. The summed E-state index contributed by atoms with van der Waals surface area (Å²) in [4.78, 5) is 12.0. The molecule has 2 aromatic rings. The van der Waals surface area contributed by atoms with Gasteiger partial charge in [0, 0.05) is 5.56 Å². The van der Waals surface area contributed by atoms with Gasteiger partial charge in [0.15, 0.2) is 0 Å². The number of hydrogen-bond acceptors (Lipinski definition) is 4. The molecule has 112 valence electrons. The van der Waals surface area contributed by atoms with Gasteiger partial charge in [-0.1, -0.05) is 31.9 Å². The van der Waals surface area contributed by atoms with Crippen LogP contribution in [0.3, 0.4) is 0 Å². The Morgan fingerprint density at radius 2 is 2.14 bits per heavy atom. The SMILES string of the molecule is CCCCC(O)c1ccc(C(=O)NCc2cn[nH]n2)cc1. The molecule has 2 rings (SSSR count). The summed E-state index contributed by atoms with van der Waals surface area (Å²) in [6, 6.07) is 7.04. The molecule has 21 heavy (non-hydrogen) atoms. The minimum absolute atomic E-state index is 0.174. The number of nitrogens with zero attached hydrogens (tertiary/aromatic N) is 2. The Morgan fingerprint density at radius 3 is 2.76 bits per heavy atom. The van der Waals surface area contributed by atoms with Crippen molar-refractivity contribution in [2.75, 3.05) is 0 Å². The first-order chi connectivity index (χ1) is 10.2. The Balaban J connectivity index is 1.90. The number of benzene rings is 1. The van der Waals surface area contributed by atoms with Gasteiger partial charge >= 0.3 is 0 Å². The van der Waals surface area contributed by atoms with Gasteiger partial charge in [0.05, 0.1) is 18.8 Å². The number of unbranched alkanes of at least 4 members (excludes halogenated alkanes) is 1. The molecule has 0 aliphatic rings. The number of aromatic nitrogens is 3. The van der Waals surface area contributed by atoms with Crippen LogP contribution in [0.5, 0.6) is 0 Å². The molecule has 6 heteroatoms. The summed E-state index contributed by atoms with van der Waals surface area (Å²) >= 11 is 0. The lowest BCUT2D eigenvalue weighted by atomic mass is 10.0. The van der Waals surface area contributed by atoms with Gasteiger partial charge in [-0.25, -0.2) is 0 Å². The standard InChI is InChI=1S/C15H20N4O2/c1-2-3-4-14(20)11-5-7-12(8-6-11)15(21)16-9-13-10-17-19-18-13/h5-8,10,14,20H,2-4,9H2,1H3,(H,16,21)(H,17,18,19). The van der Waals surface area contributed by atoms with Crippen molar-refractivity contribution in [1.29, 1.82) is 0 Å². The second kappa shape index (κ2) is 7.54. The fourth-order valence-electron chi connectivity index (χ4n) is 2.00. The van der Waals surface area contributed by atoms with Crippen LogP contribution in [0.15, 0.2) is 30.5 Å². The van der Waals surface area contributed by atoms with Gasteiger partial charge in [0.25, 0.3) is 5.91 Å². The van der Waals surface area contributed by atoms with Crippen molar-refractivity contribution < 1.29 is 9.90 Å². The van der Waals surface area contributed by atoms with E-state index in [1.54, 1.807) is 30.5 Å². The molecule has 0 spiro atoms. The van der Waals surface area contributed by atoms with Crippen LogP contribution in [0, 0.1) is 0 Å². The lowest BCUT2D eigenvalue weighted by Gasteiger charge is -2.11. The number of aliphatic hydroxyl groups is 1. The monoisotopic (exact) mass is 288 g/mol. The van der Waals surface area contributed by atoms with Gasteiger partial charge in [-0.15, -0.1) is 0 Å². The minimum atomic E-state index is -0.461. The first kappa shape index (κ1) is 15.2. The molecular formula is C15H20N4O2. The Kier molecular flexibility index (Phi) is 5.45. The van der Waals surface area contributed by atoms with Crippen molar-refractivity contribution >= 4 is 5.91 Å². The molecule has 1 amide bonds. The van der Waals surface area contributed by atoms with Crippen molar-refractivity contribution in [3.05, 3.63) is 47.3 Å². The largest absolute Gasteiger partial charge is 0.388 e. The molecule has 3 N–H and O–H groups in total. The Bertz CT molecular complexity index is 552. The van der Waals surface area contributed by atoms with Crippen LogP contribution in [0.1, 0.15) is 53.9 Å². The van der Waals surface area contributed by atoms with Crippen molar-refractivity contribution in [2.24, 2.45) is 0 Å². The van der Waals surface area contributed by atoms with Gasteiger partial charge in [0.1, 0.15) is 5.69 Å². The summed E-state index contributed by atoms with van der Waals surface area (Å²) in [6.07, 6.45) is 3.89. The van der Waals surface area contributed by atoms with Gasteiger partial charge in [-0.05, 0) is 24.1 Å². The maximum atomic E-state index is 12.0. The highest BCUT2D eigenvalue weighted by molar-refractivity contribution is 5.94. The maximum Gasteiger partial charge on any atom is 0.251 e. The normalized spacial score (nSPS) is 12.1. The maximum absolute atomic E-state index is 12.0. The second-order valence-electron chi connectivity index (χ2n) is 4.92. The summed E-state index contributed by atoms with van der Waals surface area (Å²) in [5.74, 6) is -0.174. The van der Waals surface area contributed by atoms with Crippen molar-refractivity contribution in [1.82, 2.24) is 20.7 Å². The number of carbonyl (C=O) groups is 1. The molecule has 1 aromatic carbocycles. The van der Waals surface area contributed by atoms with Gasteiger partial charge < -0.3 is 10.4 Å². The lowest BCUT2D eigenvalue weighted by molar-refractivity contribution is 0.0950. The van der Waals surface area contributed by atoms with Crippen molar-refractivity contribution in [3.8, 4) is 0 Å². The molecule has 0 radical (unpaired) electrons. The smallest absolute Gasteiger partial charge is 0.251 e. The van der Waals surface area contributed by atoms with E-state index in [4.69, 9.17) is 0 Å². The number of nitrogens with one attached hydrogen (secondary N) is 2.